The van der Waals surface area contributed by atoms with E-state index >= 15 is 0 Å². The van der Waals surface area contributed by atoms with E-state index in [2.05, 4.69) is 11.1 Å². The SMILES string of the molecule is CO[C@](C(=O)O[C@@H](C)C/C=C/C=C/CCC/C=C/c1cccnc1)(c1ccccc1)C(F)(F)F. The summed E-state index contributed by atoms with van der Waals surface area (Å²) >= 11 is 0. The predicted octanol–water partition coefficient (Wildman–Crippen LogP) is 6.80. The van der Waals surface area contributed by atoms with Crippen LogP contribution >= 0.6 is 0 Å². The standard InChI is InChI=1S/C27H30F3NO3/c1-22(15-10-7-5-3-4-6-8-11-16-23-17-14-20-31-21-23)34-25(32)26(33-2,27(28,29)30)24-18-12-9-13-19-24/h3,5,7,9-14,16-22H,4,6,8,15H2,1-2H3/b5-3+,10-7+,16-11+/t22-,26-/m0/s1. The van der Waals surface area contributed by atoms with Crippen molar-refractivity contribution in [1.29, 1.82) is 0 Å². The fourth-order valence-corrected chi connectivity index (χ4v) is 3.27. The number of carbonyl (C=O) groups is 1. The molecule has 0 spiro atoms. The molecule has 0 radical (unpaired) electrons. The van der Waals surface area contributed by atoms with Gasteiger partial charge in [0.05, 0.1) is 0 Å². The quantitative estimate of drug-likeness (QED) is 0.193. The van der Waals surface area contributed by atoms with Gasteiger partial charge < -0.3 is 9.47 Å². The van der Waals surface area contributed by atoms with Crippen LogP contribution in [0, 0.1) is 0 Å². The smallest absolute Gasteiger partial charge is 0.432 e. The van der Waals surface area contributed by atoms with Gasteiger partial charge in [-0.1, -0.05) is 72.9 Å². The van der Waals surface area contributed by atoms with Crippen LogP contribution in [-0.4, -0.2) is 30.3 Å². The molecule has 7 heteroatoms. The van der Waals surface area contributed by atoms with Crippen molar-refractivity contribution in [2.75, 3.05) is 7.11 Å². The highest BCUT2D eigenvalue weighted by molar-refractivity contribution is 5.82. The lowest BCUT2D eigenvalue weighted by molar-refractivity contribution is -0.277. The number of unbranched alkanes of at least 4 members (excludes halogenated alkanes) is 2. The molecular formula is C27H30F3NO3. The molecular weight excluding hydrogens is 443 g/mol. The Bertz CT molecular complexity index is 956. The number of esters is 1. The number of alkyl halides is 3. The van der Waals surface area contributed by atoms with Crippen molar-refractivity contribution in [3.63, 3.8) is 0 Å². The zero-order valence-corrected chi connectivity index (χ0v) is 19.4. The first-order chi connectivity index (χ1) is 16.3. The Morgan fingerprint density at radius 1 is 1.03 bits per heavy atom. The van der Waals surface area contributed by atoms with Gasteiger partial charge in [0.15, 0.2) is 0 Å². The van der Waals surface area contributed by atoms with Crippen LogP contribution in [0.2, 0.25) is 0 Å². The van der Waals surface area contributed by atoms with E-state index in [1.807, 2.05) is 30.4 Å². The fourth-order valence-electron chi connectivity index (χ4n) is 3.27. The average Bonchev–Trinajstić information content (AvgIpc) is 2.81. The summed E-state index contributed by atoms with van der Waals surface area (Å²) in [4.78, 5) is 16.6. The normalized spacial score (nSPS) is 15.1. The minimum absolute atomic E-state index is 0.274. The number of allylic oxidation sites excluding steroid dienone is 4. The molecule has 0 aliphatic rings. The van der Waals surface area contributed by atoms with Gasteiger partial charge in [-0.05, 0) is 37.8 Å². The van der Waals surface area contributed by atoms with Crippen molar-refractivity contribution in [3.05, 3.63) is 96.4 Å². The minimum atomic E-state index is -4.98. The molecule has 0 bridgehead atoms. The maximum absolute atomic E-state index is 13.9. The van der Waals surface area contributed by atoms with Gasteiger partial charge in [-0.3, -0.25) is 4.98 Å². The van der Waals surface area contributed by atoms with Gasteiger partial charge in [0.2, 0.25) is 0 Å². The molecule has 2 atom stereocenters. The molecule has 0 aliphatic carbocycles. The number of ether oxygens (including phenoxy) is 2. The summed E-state index contributed by atoms with van der Waals surface area (Å²) in [5.74, 6) is -1.48. The van der Waals surface area contributed by atoms with Gasteiger partial charge in [-0.2, -0.15) is 13.2 Å². The second-order valence-electron chi connectivity index (χ2n) is 7.68. The first-order valence-electron chi connectivity index (χ1n) is 11.1. The van der Waals surface area contributed by atoms with E-state index in [1.54, 1.807) is 37.5 Å². The van der Waals surface area contributed by atoms with Gasteiger partial charge in [-0.15, -0.1) is 0 Å². The maximum Gasteiger partial charge on any atom is 0.432 e. The molecule has 0 aliphatic heterocycles. The monoisotopic (exact) mass is 473 g/mol. The van der Waals surface area contributed by atoms with Crippen molar-refractivity contribution in [1.82, 2.24) is 4.98 Å². The highest BCUT2D eigenvalue weighted by atomic mass is 19.4. The summed E-state index contributed by atoms with van der Waals surface area (Å²) in [6.45, 7) is 1.54. The van der Waals surface area contributed by atoms with Gasteiger partial charge in [0, 0.05) is 31.5 Å². The van der Waals surface area contributed by atoms with Gasteiger partial charge >= 0.3 is 12.1 Å². The Morgan fingerprint density at radius 3 is 2.38 bits per heavy atom. The molecule has 182 valence electrons. The molecule has 1 aromatic heterocycles. The molecule has 0 unspecified atom stereocenters. The summed E-state index contributed by atoms with van der Waals surface area (Å²) < 4.78 is 51.5. The Balaban J connectivity index is 1.80. The number of rotatable bonds is 12. The average molecular weight is 474 g/mol. The molecule has 34 heavy (non-hydrogen) atoms. The Morgan fingerprint density at radius 2 is 1.74 bits per heavy atom. The summed E-state index contributed by atoms with van der Waals surface area (Å²) in [6, 6.07) is 10.7. The topological polar surface area (TPSA) is 48.4 Å². The lowest BCUT2D eigenvalue weighted by atomic mass is 9.92. The number of nitrogens with zero attached hydrogens (tertiary/aromatic N) is 1. The molecule has 1 heterocycles. The molecule has 0 amide bonds. The largest absolute Gasteiger partial charge is 0.460 e. The minimum Gasteiger partial charge on any atom is -0.460 e. The van der Waals surface area contributed by atoms with Crippen LogP contribution in [-0.2, 0) is 19.9 Å². The van der Waals surface area contributed by atoms with Gasteiger partial charge in [0.25, 0.3) is 5.60 Å². The van der Waals surface area contributed by atoms with Crippen LogP contribution in [0.5, 0.6) is 0 Å². The lowest BCUT2D eigenvalue weighted by Gasteiger charge is -2.33. The lowest BCUT2D eigenvalue weighted by Crippen LogP contribution is -2.52. The molecule has 2 aromatic rings. The number of carbonyl (C=O) groups excluding carboxylic acids is 1. The van der Waals surface area contributed by atoms with E-state index < -0.39 is 23.9 Å². The van der Waals surface area contributed by atoms with E-state index in [4.69, 9.17) is 9.47 Å². The second-order valence-corrected chi connectivity index (χ2v) is 7.68. The number of pyridine rings is 1. The van der Waals surface area contributed by atoms with Crippen molar-refractivity contribution in [2.45, 2.75) is 50.5 Å². The van der Waals surface area contributed by atoms with E-state index in [0.29, 0.717) is 0 Å². The molecule has 1 aromatic carbocycles. The van der Waals surface area contributed by atoms with Crippen LogP contribution in [0.15, 0.2) is 85.2 Å². The summed E-state index contributed by atoms with van der Waals surface area (Å²) in [5, 5.41) is 0. The van der Waals surface area contributed by atoms with Crippen LogP contribution in [0.4, 0.5) is 13.2 Å². The van der Waals surface area contributed by atoms with Crippen molar-refractivity contribution >= 4 is 12.0 Å². The molecule has 0 saturated carbocycles. The highest BCUT2D eigenvalue weighted by Gasteiger charge is 2.64. The van der Waals surface area contributed by atoms with Crippen molar-refractivity contribution < 1.29 is 27.4 Å². The third-order valence-corrected chi connectivity index (χ3v) is 5.07. The van der Waals surface area contributed by atoms with E-state index in [9.17, 15) is 18.0 Å². The van der Waals surface area contributed by atoms with Gasteiger partial charge in [0.1, 0.15) is 6.10 Å². The third kappa shape index (κ3) is 7.70. The number of benzene rings is 1. The van der Waals surface area contributed by atoms with Gasteiger partial charge in [-0.25, -0.2) is 4.79 Å². The van der Waals surface area contributed by atoms with E-state index in [-0.39, 0.29) is 12.0 Å². The zero-order valence-electron chi connectivity index (χ0n) is 19.4. The second kappa shape index (κ2) is 13.5. The summed E-state index contributed by atoms with van der Waals surface area (Å²) in [7, 11) is 0.853. The zero-order chi connectivity index (χ0) is 24.9. The van der Waals surface area contributed by atoms with Crippen LogP contribution in [0.1, 0.15) is 43.7 Å². The molecule has 0 N–H and O–H groups in total. The Labute approximate surface area is 198 Å². The number of hydrogen-bond donors (Lipinski definition) is 0. The number of hydrogen-bond acceptors (Lipinski definition) is 4. The number of halogens is 3. The van der Waals surface area contributed by atoms with Crippen LogP contribution in [0.3, 0.4) is 0 Å². The molecule has 2 rings (SSSR count). The van der Waals surface area contributed by atoms with E-state index in [1.165, 1.54) is 24.3 Å². The first-order valence-corrected chi connectivity index (χ1v) is 11.1. The number of methoxy groups -OCH3 is 1. The molecule has 4 nitrogen and oxygen atoms in total. The van der Waals surface area contributed by atoms with Crippen molar-refractivity contribution in [2.24, 2.45) is 0 Å². The first kappa shape index (κ1) is 27.1. The maximum atomic E-state index is 13.9. The summed E-state index contributed by atoms with van der Waals surface area (Å²) in [5.41, 5.74) is -2.43. The van der Waals surface area contributed by atoms with Crippen molar-refractivity contribution in [3.8, 4) is 0 Å². The molecule has 0 saturated heterocycles. The molecule has 0 fully saturated rings. The highest BCUT2D eigenvalue weighted by Crippen LogP contribution is 2.43. The van der Waals surface area contributed by atoms with Crippen LogP contribution in [0.25, 0.3) is 6.08 Å². The predicted molar refractivity (Wildman–Crippen MR) is 127 cm³/mol. The third-order valence-electron chi connectivity index (χ3n) is 5.07. The number of aromatic nitrogens is 1. The van der Waals surface area contributed by atoms with Crippen LogP contribution < -0.4 is 0 Å². The fraction of sp³-hybridized carbons (Fsp3) is 0.333. The Kier molecular flexibility index (Phi) is 10.7. The Hall–Kier alpha value is -3.19. The van der Waals surface area contributed by atoms with E-state index in [0.717, 1.165) is 31.9 Å². The summed E-state index contributed by atoms with van der Waals surface area (Å²) in [6.07, 6.45) is 12.5.